The summed E-state index contributed by atoms with van der Waals surface area (Å²) in [6.45, 7) is 2.72. The van der Waals surface area contributed by atoms with E-state index in [2.05, 4.69) is 5.32 Å². The summed E-state index contributed by atoms with van der Waals surface area (Å²) in [4.78, 5) is 22.7. The first-order valence-electron chi connectivity index (χ1n) is 8.78. The molecule has 26 heavy (non-hydrogen) atoms. The lowest BCUT2D eigenvalue weighted by Gasteiger charge is -2.32. The number of hydrogen-bond donors (Lipinski definition) is 3. The highest BCUT2D eigenvalue weighted by atomic mass is 35.5. The van der Waals surface area contributed by atoms with Crippen LogP contribution in [-0.4, -0.2) is 28.5 Å². The number of benzene rings is 1. The molecule has 0 aromatic heterocycles. The zero-order valence-corrected chi connectivity index (χ0v) is 16.4. The molecule has 0 spiro atoms. The molecule has 2 aliphatic rings. The van der Waals surface area contributed by atoms with E-state index in [0.717, 1.165) is 38.6 Å². The van der Waals surface area contributed by atoms with Crippen molar-refractivity contribution in [3.05, 3.63) is 22.2 Å². The molecular formula is C18H25Cl2N3O3. The van der Waals surface area contributed by atoms with E-state index in [-0.39, 0.29) is 33.0 Å². The Bertz CT molecular complexity index is 676. The van der Waals surface area contributed by atoms with Gasteiger partial charge >= 0.3 is 0 Å². The van der Waals surface area contributed by atoms with E-state index in [1.807, 2.05) is 6.92 Å². The number of rotatable bonds is 2. The summed E-state index contributed by atoms with van der Waals surface area (Å²) in [7, 11) is 0. The Kier molecular flexibility index (Phi) is 7.15. The first kappa shape index (κ1) is 20.8. The zero-order valence-electron chi connectivity index (χ0n) is 14.9. The number of carbonyl (C=O) groups is 2. The van der Waals surface area contributed by atoms with E-state index in [9.17, 15) is 14.7 Å². The third-order valence-electron chi connectivity index (χ3n) is 4.93. The molecule has 1 aromatic carbocycles. The summed E-state index contributed by atoms with van der Waals surface area (Å²) in [6, 6.07) is 2.99. The quantitative estimate of drug-likeness (QED) is 0.394. The fourth-order valence-electron chi connectivity index (χ4n) is 3.14. The molecule has 1 aromatic rings. The van der Waals surface area contributed by atoms with Gasteiger partial charge in [0.1, 0.15) is 10.8 Å². The van der Waals surface area contributed by atoms with Gasteiger partial charge in [0.05, 0.1) is 10.7 Å². The van der Waals surface area contributed by atoms with E-state index < -0.39 is 0 Å². The molecule has 1 aliphatic carbocycles. The summed E-state index contributed by atoms with van der Waals surface area (Å²) in [5.74, 6) is 5.11. The fraction of sp³-hybridized carbons (Fsp3) is 0.556. The van der Waals surface area contributed by atoms with Crippen LogP contribution in [0.1, 0.15) is 51.9 Å². The number of anilines is 1. The Morgan fingerprint density at radius 2 is 1.85 bits per heavy atom. The van der Waals surface area contributed by atoms with Crippen molar-refractivity contribution in [3.63, 3.8) is 0 Å². The van der Waals surface area contributed by atoms with Crippen LogP contribution in [0, 0.1) is 5.41 Å². The third kappa shape index (κ3) is 5.02. The monoisotopic (exact) mass is 401 g/mol. The van der Waals surface area contributed by atoms with Gasteiger partial charge in [0.15, 0.2) is 0 Å². The van der Waals surface area contributed by atoms with Gasteiger partial charge in [-0.05, 0) is 31.4 Å². The molecule has 6 nitrogen and oxygen atoms in total. The molecule has 4 N–H and O–H groups in total. The van der Waals surface area contributed by atoms with Crippen molar-refractivity contribution in [3.8, 4) is 5.75 Å². The number of hydrazine groups is 1. The molecule has 144 valence electrons. The number of phenolic OH excluding ortho intramolecular Hbond substituents is 1. The maximum atomic E-state index is 12.4. The first-order chi connectivity index (χ1) is 12.2. The Morgan fingerprint density at radius 1 is 1.19 bits per heavy atom. The van der Waals surface area contributed by atoms with Crippen LogP contribution in [0.2, 0.25) is 10.0 Å². The number of halogens is 2. The summed E-state index contributed by atoms with van der Waals surface area (Å²) in [5, 5.41) is 13.8. The Morgan fingerprint density at radius 3 is 2.35 bits per heavy atom. The van der Waals surface area contributed by atoms with Crippen molar-refractivity contribution in [1.29, 1.82) is 0 Å². The molecule has 1 aliphatic heterocycles. The minimum atomic E-state index is -0.341. The van der Waals surface area contributed by atoms with Crippen LogP contribution in [0.4, 0.5) is 5.69 Å². The van der Waals surface area contributed by atoms with Crippen LogP contribution < -0.4 is 11.2 Å². The number of phenols is 1. The average molecular weight is 402 g/mol. The standard InChI is InChI=1S/C14H17Cl2NO2.C4H8N2O/c1-14(7-3-2-4-8-14)13(19)17-9-5-6-10(18)12(16)11(9)15;5-6-3-1-2-4(6)7/h5-6,18H,2-4,7-8H2,1H3,(H,17,19);1-3,5H2. The predicted octanol–water partition coefficient (Wildman–Crippen LogP) is 4.09. The maximum Gasteiger partial charge on any atom is 0.236 e. The van der Waals surface area contributed by atoms with Crippen LogP contribution in [0.3, 0.4) is 0 Å². The van der Waals surface area contributed by atoms with Gasteiger partial charge in [-0.1, -0.05) is 49.4 Å². The van der Waals surface area contributed by atoms with Crippen LogP contribution in [0.15, 0.2) is 12.1 Å². The van der Waals surface area contributed by atoms with Gasteiger partial charge in [-0.25, -0.2) is 5.84 Å². The lowest BCUT2D eigenvalue weighted by molar-refractivity contribution is -0.128. The van der Waals surface area contributed by atoms with E-state index in [1.54, 1.807) is 6.07 Å². The van der Waals surface area contributed by atoms with E-state index in [0.29, 0.717) is 12.1 Å². The lowest BCUT2D eigenvalue weighted by atomic mass is 9.75. The molecule has 0 bridgehead atoms. The summed E-state index contributed by atoms with van der Waals surface area (Å²) in [6.07, 6.45) is 6.69. The summed E-state index contributed by atoms with van der Waals surface area (Å²) >= 11 is 11.9. The zero-order chi connectivity index (χ0) is 19.3. The maximum absolute atomic E-state index is 12.4. The van der Waals surface area contributed by atoms with Gasteiger partial charge in [-0.15, -0.1) is 0 Å². The van der Waals surface area contributed by atoms with Crippen molar-refractivity contribution >= 4 is 40.7 Å². The van der Waals surface area contributed by atoms with E-state index >= 15 is 0 Å². The molecule has 0 radical (unpaired) electrons. The number of aromatic hydroxyl groups is 1. The number of hydrogen-bond acceptors (Lipinski definition) is 4. The molecule has 1 heterocycles. The smallest absolute Gasteiger partial charge is 0.236 e. The van der Waals surface area contributed by atoms with Gasteiger partial charge in [-0.3, -0.25) is 14.6 Å². The normalized spacial score (nSPS) is 18.9. The van der Waals surface area contributed by atoms with Crippen LogP contribution in [-0.2, 0) is 9.59 Å². The second kappa shape index (κ2) is 8.93. The highest BCUT2D eigenvalue weighted by Gasteiger charge is 2.34. The number of nitrogens with zero attached hydrogens (tertiary/aromatic N) is 1. The largest absolute Gasteiger partial charge is 0.506 e. The molecule has 3 rings (SSSR count). The molecule has 1 saturated carbocycles. The minimum Gasteiger partial charge on any atom is -0.506 e. The van der Waals surface area contributed by atoms with Crippen LogP contribution in [0.5, 0.6) is 5.75 Å². The second-order valence-electron chi connectivity index (χ2n) is 7.03. The van der Waals surface area contributed by atoms with E-state index in [4.69, 9.17) is 29.0 Å². The predicted molar refractivity (Wildman–Crippen MR) is 103 cm³/mol. The minimum absolute atomic E-state index is 0.0316. The van der Waals surface area contributed by atoms with Gasteiger partial charge < -0.3 is 10.4 Å². The molecule has 1 saturated heterocycles. The highest BCUT2D eigenvalue weighted by molar-refractivity contribution is 6.44. The van der Waals surface area contributed by atoms with Gasteiger partial charge in [-0.2, -0.15) is 0 Å². The highest BCUT2D eigenvalue weighted by Crippen LogP contribution is 2.40. The van der Waals surface area contributed by atoms with Crippen molar-refractivity contribution in [2.24, 2.45) is 11.3 Å². The van der Waals surface area contributed by atoms with Crippen molar-refractivity contribution in [2.45, 2.75) is 51.9 Å². The molecule has 0 atom stereocenters. The van der Waals surface area contributed by atoms with Crippen molar-refractivity contribution in [2.75, 3.05) is 11.9 Å². The Balaban J connectivity index is 0.000000290. The van der Waals surface area contributed by atoms with Gasteiger partial charge in [0.25, 0.3) is 0 Å². The topological polar surface area (TPSA) is 95.7 Å². The number of carbonyl (C=O) groups excluding carboxylic acids is 2. The second-order valence-corrected chi connectivity index (χ2v) is 7.78. The molecule has 2 amide bonds. The SMILES string of the molecule is CC1(C(=O)Nc2ccc(O)c(Cl)c2Cl)CCCCC1.NN1CCCC1=O. The van der Waals surface area contributed by atoms with Crippen LogP contribution >= 0.6 is 23.2 Å². The first-order valence-corrected chi connectivity index (χ1v) is 9.54. The third-order valence-corrected chi connectivity index (χ3v) is 5.80. The molecule has 8 heteroatoms. The number of amides is 2. The van der Waals surface area contributed by atoms with E-state index in [1.165, 1.54) is 17.5 Å². The van der Waals surface area contributed by atoms with Crippen LogP contribution in [0.25, 0.3) is 0 Å². The number of nitrogens with one attached hydrogen (secondary N) is 1. The lowest BCUT2D eigenvalue weighted by Crippen LogP contribution is -2.35. The molecule has 0 unspecified atom stereocenters. The Labute approximate surface area is 163 Å². The van der Waals surface area contributed by atoms with Crippen molar-refractivity contribution < 1.29 is 14.7 Å². The van der Waals surface area contributed by atoms with Crippen molar-refractivity contribution in [1.82, 2.24) is 5.01 Å². The number of nitrogens with two attached hydrogens (primary N) is 1. The fourth-order valence-corrected chi connectivity index (χ4v) is 3.51. The average Bonchev–Trinajstić information content (AvgIpc) is 2.99. The molecule has 2 fully saturated rings. The van der Waals surface area contributed by atoms with Gasteiger partial charge in [0, 0.05) is 18.4 Å². The summed E-state index contributed by atoms with van der Waals surface area (Å²) in [5.41, 5.74) is 0.104. The summed E-state index contributed by atoms with van der Waals surface area (Å²) < 4.78 is 0. The Hall–Kier alpha value is -1.50. The van der Waals surface area contributed by atoms with Gasteiger partial charge in [0.2, 0.25) is 11.8 Å². The molecular weight excluding hydrogens is 377 g/mol.